The second-order valence-corrected chi connectivity index (χ2v) is 10.1. The van der Waals surface area contributed by atoms with Crippen LogP contribution in [0.25, 0.3) is 10.9 Å². The summed E-state index contributed by atoms with van der Waals surface area (Å²) in [6.45, 7) is 0.835. The molecule has 12 nitrogen and oxygen atoms in total. The highest BCUT2D eigenvalue weighted by molar-refractivity contribution is 5.85. The number of aliphatic hydroxyl groups is 1. The summed E-state index contributed by atoms with van der Waals surface area (Å²) in [5.41, 5.74) is 0.349. The number of benzene rings is 2. The number of rotatable bonds is 10. The summed E-state index contributed by atoms with van der Waals surface area (Å²) in [6, 6.07) is 9.07. The molecule has 1 aliphatic heterocycles. The number of ether oxygens (including phenoxy) is 6. The third kappa shape index (κ3) is 7.72. The number of hydrogen-bond donors (Lipinski definition) is 1. The third-order valence-electron chi connectivity index (χ3n) is 6.79. The van der Waals surface area contributed by atoms with Crippen LogP contribution < -0.4 is 4.74 Å². The molecule has 0 bridgehead atoms. The number of hydrogen-bond acceptors (Lipinski definition) is 11. The minimum absolute atomic E-state index is 0.0125. The minimum Gasteiger partial charge on any atom is -0.463 e. The quantitative estimate of drug-likeness (QED) is 0.256. The lowest BCUT2D eigenvalue weighted by atomic mass is 9.97. The summed E-state index contributed by atoms with van der Waals surface area (Å²) in [6.07, 6.45) is -7.28. The molecule has 0 aliphatic carbocycles. The van der Waals surface area contributed by atoms with E-state index in [1.54, 1.807) is 0 Å². The Bertz CT molecular complexity index is 1560. The van der Waals surface area contributed by atoms with Gasteiger partial charge < -0.3 is 38.1 Å². The summed E-state index contributed by atoms with van der Waals surface area (Å²) in [7, 11) is 0. The zero-order chi connectivity index (χ0) is 33.0. The minimum atomic E-state index is -3.06. The van der Waals surface area contributed by atoms with Crippen LogP contribution in [0.15, 0.2) is 48.7 Å². The van der Waals surface area contributed by atoms with E-state index in [0.29, 0.717) is 0 Å². The van der Waals surface area contributed by atoms with Crippen LogP contribution in [0.5, 0.6) is 5.75 Å². The van der Waals surface area contributed by atoms with Crippen LogP contribution >= 0.6 is 0 Å². The lowest BCUT2D eigenvalue weighted by Crippen LogP contribution is -2.60. The molecule has 0 amide bonds. The van der Waals surface area contributed by atoms with E-state index in [-0.39, 0.29) is 27.8 Å². The summed E-state index contributed by atoms with van der Waals surface area (Å²) in [5, 5.41) is 11.3. The molecule has 1 fully saturated rings. The van der Waals surface area contributed by atoms with Crippen LogP contribution in [0.3, 0.4) is 0 Å². The first kappa shape index (κ1) is 33.3. The smallest absolute Gasteiger partial charge is 0.387 e. The molecule has 0 radical (unpaired) electrons. The fourth-order valence-corrected chi connectivity index (χ4v) is 5.16. The Labute approximate surface area is 254 Å². The maximum absolute atomic E-state index is 15.4. The molecule has 15 heteroatoms. The monoisotopic (exact) mass is 637 g/mol. The Hall–Kier alpha value is -4.63. The van der Waals surface area contributed by atoms with Crippen LogP contribution in [-0.2, 0) is 42.9 Å². The van der Waals surface area contributed by atoms with Gasteiger partial charge in [-0.3, -0.25) is 19.2 Å². The average Bonchev–Trinajstić information content (AvgIpc) is 3.34. The van der Waals surface area contributed by atoms with Crippen molar-refractivity contribution in [1.29, 1.82) is 0 Å². The molecule has 1 aliphatic rings. The molecule has 1 unspecified atom stereocenters. The maximum atomic E-state index is 15.4. The average molecular weight is 638 g/mol. The SMILES string of the molecule is CC(=O)OC[C@H]1O[C@@H](n2cc(C(O)c3ccc(OC(F)F)cc3)c3c(F)cccc32)[C@H](OC(C)=O)[C@@H](OC(C)=O)[C@@H]1OC(C)=O. The van der Waals surface area contributed by atoms with Crippen LogP contribution in [0.4, 0.5) is 13.2 Å². The third-order valence-corrected chi connectivity index (χ3v) is 6.79. The van der Waals surface area contributed by atoms with Crippen molar-refractivity contribution in [3.63, 3.8) is 0 Å². The zero-order valence-corrected chi connectivity index (χ0v) is 24.5. The number of nitrogens with zero attached hydrogens (tertiary/aromatic N) is 1. The summed E-state index contributed by atoms with van der Waals surface area (Å²) < 4.78 is 74.1. The van der Waals surface area contributed by atoms with Crippen LogP contribution in [0.1, 0.15) is 51.2 Å². The fraction of sp³-hybridized carbons (Fsp3) is 0.400. The number of halogens is 3. The van der Waals surface area contributed by atoms with E-state index in [2.05, 4.69) is 4.74 Å². The predicted octanol–water partition coefficient (Wildman–Crippen LogP) is 3.72. The van der Waals surface area contributed by atoms with E-state index in [0.717, 1.165) is 33.8 Å². The highest BCUT2D eigenvalue weighted by Crippen LogP contribution is 2.40. The highest BCUT2D eigenvalue weighted by atomic mass is 19.3. The fourth-order valence-electron chi connectivity index (χ4n) is 5.16. The molecule has 45 heavy (non-hydrogen) atoms. The summed E-state index contributed by atoms with van der Waals surface area (Å²) in [5.74, 6) is -4.08. The van der Waals surface area contributed by atoms with Gasteiger partial charge in [0, 0.05) is 44.8 Å². The van der Waals surface area contributed by atoms with Crippen molar-refractivity contribution >= 4 is 34.8 Å². The van der Waals surface area contributed by atoms with Crippen LogP contribution in [0.2, 0.25) is 0 Å². The van der Waals surface area contributed by atoms with E-state index >= 15 is 4.39 Å². The number of aromatic nitrogens is 1. The van der Waals surface area contributed by atoms with Crippen molar-refractivity contribution in [2.24, 2.45) is 0 Å². The number of carbonyl (C=O) groups excluding carboxylic acids is 4. The second-order valence-electron chi connectivity index (χ2n) is 10.1. The van der Waals surface area contributed by atoms with Gasteiger partial charge >= 0.3 is 30.5 Å². The summed E-state index contributed by atoms with van der Waals surface area (Å²) in [4.78, 5) is 48.2. The Balaban J connectivity index is 1.87. The zero-order valence-electron chi connectivity index (χ0n) is 24.5. The summed E-state index contributed by atoms with van der Waals surface area (Å²) >= 11 is 0. The molecule has 0 spiro atoms. The van der Waals surface area contributed by atoms with Gasteiger partial charge in [-0.05, 0) is 29.8 Å². The Kier molecular flexibility index (Phi) is 10.3. The lowest BCUT2D eigenvalue weighted by molar-refractivity contribution is -0.267. The van der Waals surface area contributed by atoms with Crippen molar-refractivity contribution in [2.75, 3.05) is 6.61 Å². The van der Waals surface area contributed by atoms with E-state index in [9.17, 15) is 33.1 Å². The van der Waals surface area contributed by atoms with Crippen molar-refractivity contribution < 1.29 is 65.9 Å². The number of alkyl halides is 2. The molecular formula is C30H30F3NO11. The predicted molar refractivity (Wildman–Crippen MR) is 146 cm³/mol. The van der Waals surface area contributed by atoms with Crippen molar-refractivity contribution in [3.05, 3.63) is 65.6 Å². The van der Waals surface area contributed by atoms with Gasteiger partial charge in [-0.15, -0.1) is 0 Å². The van der Waals surface area contributed by atoms with Gasteiger partial charge in [0.15, 0.2) is 24.5 Å². The normalized spacial score (nSPS) is 22.0. The molecule has 242 valence electrons. The first-order valence-electron chi connectivity index (χ1n) is 13.6. The standard InChI is InChI=1S/C30H30F3NO11/c1-14(35)40-13-23-26(41-15(2)36)27(42-16(3)37)28(43-17(4)38)29(45-23)34-12-20(24-21(31)6-5-7-22(24)34)25(39)18-8-10-19(11-9-18)44-30(32)33/h5-12,23,25-30,39H,13H2,1-4H3/t23-,25?,26-,27+,28-,29-/m1/s1. The number of carbonyl (C=O) groups is 4. The van der Waals surface area contributed by atoms with Crippen molar-refractivity contribution in [1.82, 2.24) is 4.57 Å². The Morgan fingerprint density at radius 2 is 1.47 bits per heavy atom. The van der Waals surface area contributed by atoms with Gasteiger partial charge in [0.25, 0.3) is 0 Å². The van der Waals surface area contributed by atoms with Crippen molar-refractivity contribution in [2.45, 2.75) is 71.1 Å². The second kappa shape index (κ2) is 14.0. The van der Waals surface area contributed by atoms with Gasteiger partial charge in [0.1, 0.15) is 30.4 Å². The van der Waals surface area contributed by atoms with Gasteiger partial charge in [-0.2, -0.15) is 8.78 Å². The van der Waals surface area contributed by atoms with Gasteiger partial charge in [-0.1, -0.05) is 18.2 Å². The largest absolute Gasteiger partial charge is 0.463 e. The first-order valence-corrected chi connectivity index (χ1v) is 13.6. The highest BCUT2D eigenvalue weighted by Gasteiger charge is 2.53. The number of esters is 4. The molecule has 2 aromatic carbocycles. The molecule has 1 aromatic heterocycles. The lowest BCUT2D eigenvalue weighted by Gasteiger charge is -2.44. The molecule has 1 saturated heterocycles. The van der Waals surface area contributed by atoms with Crippen LogP contribution in [0, 0.1) is 5.82 Å². The van der Waals surface area contributed by atoms with Crippen molar-refractivity contribution in [3.8, 4) is 5.75 Å². The van der Waals surface area contributed by atoms with E-state index < -0.39 is 79.7 Å². The van der Waals surface area contributed by atoms with Crippen LogP contribution in [-0.4, -0.2) is 71.2 Å². The van der Waals surface area contributed by atoms with Gasteiger partial charge in [-0.25, -0.2) is 4.39 Å². The molecule has 3 aromatic rings. The van der Waals surface area contributed by atoms with E-state index in [4.69, 9.17) is 23.7 Å². The van der Waals surface area contributed by atoms with Gasteiger partial charge in [0.05, 0.1) is 5.52 Å². The molecule has 4 rings (SSSR count). The first-order chi connectivity index (χ1) is 21.3. The molecule has 6 atom stereocenters. The Morgan fingerprint density at radius 1 is 0.867 bits per heavy atom. The molecular weight excluding hydrogens is 607 g/mol. The van der Waals surface area contributed by atoms with E-state index in [1.807, 2.05) is 0 Å². The molecule has 0 saturated carbocycles. The molecule has 2 heterocycles. The number of aliphatic hydroxyl groups excluding tert-OH is 1. The topological polar surface area (TPSA) is 149 Å². The van der Waals surface area contributed by atoms with Gasteiger partial charge in [0.2, 0.25) is 0 Å². The number of fused-ring (bicyclic) bond motifs is 1. The molecule has 1 N–H and O–H groups in total. The maximum Gasteiger partial charge on any atom is 0.387 e. The van der Waals surface area contributed by atoms with E-state index in [1.165, 1.54) is 47.2 Å². The Morgan fingerprint density at radius 3 is 2.04 bits per heavy atom.